The standard InChI is InChI=1S/C13H24N2O2S/c1-12(2,3)17-11(16)15-7-6-14-10-13(15)4-8-18-9-5-13/h14H,4-10H2,1-3H3. The number of ether oxygens (including phenoxy) is 1. The number of hydrogen-bond acceptors (Lipinski definition) is 4. The second-order valence-electron chi connectivity index (χ2n) is 6.15. The van der Waals surface area contributed by atoms with Gasteiger partial charge in [0.05, 0.1) is 5.54 Å². The third-order valence-corrected chi connectivity index (χ3v) is 4.56. The summed E-state index contributed by atoms with van der Waals surface area (Å²) < 4.78 is 5.56. The fourth-order valence-corrected chi connectivity index (χ4v) is 3.90. The van der Waals surface area contributed by atoms with Gasteiger partial charge in [0, 0.05) is 19.6 Å². The Morgan fingerprint density at radius 3 is 2.61 bits per heavy atom. The molecule has 2 saturated heterocycles. The average Bonchev–Trinajstić information content (AvgIpc) is 2.28. The van der Waals surface area contributed by atoms with Crippen LogP contribution in [-0.4, -0.2) is 53.3 Å². The van der Waals surface area contributed by atoms with Gasteiger partial charge in [-0.3, -0.25) is 4.90 Å². The molecular formula is C13H24N2O2S. The third-order valence-electron chi connectivity index (χ3n) is 3.58. The summed E-state index contributed by atoms with van der Waals surface area (Å²) in [5.41, 5.74) is -0.418. The molecule has 0 aliphatic carbocycles. The van der Waals surface area contributed by atoms with Crippen LogP contribution in [0, 0.1) is 0 Å². The van der Waals surface area contributed by atoms with Crippen LogP contribution in [0.5, 0.6) is 0 Å². The van der Waals surface area contributed by atoms with Gasteiger partial charge in [0.2, 0.25) is 0 Å². The lowest BCUT2D eigenvalue weighted by atomic mass is 9.88. The van der Waals surface area contributed by atoms with Crippen molar-refractivity contribution >= 4 is 17.9 Å². The molecule has 2 heterocycles. The zero-order valence-electron chi connectivity index (χ0n) is 11.6. The van der Waals surface area contributed by atoms with E-state index in [0.717, 1.165) is 44.0 Å². The molecule has 1 N–H and O–H groups in total. The van der Waals surface area contributed by atoms with Gasteiger partial charge in [-0.15, -0.1) is 0 Å². The number of amides is 1. The summed E-state index contributed by atoms with van der Waals surface area (Å²) in [4.78, 5) is 14.3. The molecule has 0 aromatic heterocycles. The number of carbonyl (C=O) groups excluding carboxylic acids is 1. The maximum atomic E-state index is 12.4. The molecule has 1 amide bonds. The minimum absolute atomic E-state index is 0.00810. The lowest BCUT2D eigenvalue weighted by molar-refractivity contribution is -0.0137. The predicted molar refractivity (Wildman–Crippen MR) is 75.1 cm³/mol. The van der Waals surface area contributed by atoms with E-state index in [9.17, 15) is 4.79 Å². The molecule has 0 unspecified atom stereocenters. The highest BCUT2D eigenvalue weighted by Crippen LogP contribution is 2.34. The molecule has 2 aliphatic heterocycles. The minimum Gasteiger partial charge on any atom is -0.444 e. The van der Waals surface area contributed by atoms with Gasteiger partial charge in [-0.25, -0.2) is 4.79 Å². The van der Waals surface area contributed by atoms with E-state index in [1.54, 1.807) is 0 Å². The van der Waals surface area contributed by atoms with E-state index < -0.39 is 5.60 Å². The van der Waals surface area contributed by atoms with Crippen LogP contribution >= 0.6 is 11.8 Å². The number of nitrogens with one attached hydrogen (secondary N) is 1. The van der Waals surface area contributed by atoms with Crippen LogP contribution in [0.25, 0.3) is 0 Å². The van der Waals surface area contributed by atoms with Crippen molar-refractivity contribution in [1.29, 1.82) is 0 Å². The largest absolute Gasteiger partial charge is 0.444 e. The molecule has 1 spiro atoms. The molecule has 5 heteroatoms. The Morgan fingerprint density at radius 2 is 2.00 bits per heavy atom. The Morgan fingerprint density at radius 1 is 1.33 bits per heavy atom. The molecule has 0 atom stereocenters. The molecule has 18 heavy (non-hydrogen) atoms. The first-order chi connectivity index (χ1) is 8.43. The van der Waals surface area contributed by atoms with Crippen molar-refractivity contribution in [2.45, 2.75) is 44.8 Å². The van der Waals surface area contributed by atoms with Gasteiger partial charge in [-0.05, 0) is 45.1 Å². The Labute approximate surface area is 114 Å². The summed E-state index contributed by atoms with van der Waals surface area (Å²) in [5, 5.41) is 3.43. The highest BCUT2D eigenvalue weighted by Gasteiger charge is 2.43. The zero-order chi connectivity index (χ0) is 13.2. The monoisotopic (exact) mass is 272 g/mol. The highest BCUT2D eigenvalue weighted by molar-refractivity contribution is 7.99. The van der Waals surface area contributed by atoms with E-state index >= 15 is 0 Å². The fourth-order valence-electron chi connectivity index (χ4n) is 2.64. The summed E-state index contributed by atoms with van der Waals surface area (Å²) in [6.45, 7) is 8.32. The first kappa shape index (κ1) is 14.0. The molecule has 104 valence electrons. The van der Waals surface area contributed by atoms with Crippen molar-refractivity contribution in [2.24, 2.45) is 0 Å². The second-order valence-corrected chi connectivity index (χ2v) is 7.37. The van der Waals surface area contributed by atoms with Crippen LogP contribution < -0.4 is 5.32 Å². The van der Waals surface area contributed by atoms with Crippen LogP contribution in [0.2, 0.25) is 0 Å². The van der Waals surface area contributed by atoms with Gasteiger partial charge in [0.25, 0.3) is 0 Å². The van der Waals surface area contributed by atoms with Crippen LogP contribution in [-0.2, 0) is 4.74 Å². The van der Waals surface area contributed by atoms with Gasteiger partial charge in [-0.2, -0.15) is 11.8 Å². The van der Waals surface area contributed by atoms with Crippen LogP contribution in [0.1, 0.15) is 33.6 Å². The molecule has 2 aliphatic rings. The number of thioether (sulfide) groups is 1. The number of rotatable bonds is 0. The predicted octanol–water partition coefficient (Wildman–Crippen LogP) is 2.09. The lowest BCUT2D eigenvalue weighted by Crippen LogP contribution is -2.64. The van der Waals surface area contributed by atoms with E-state index in [-0.39, 0.29) is 11.6 Å². The summed E-state index contributed by atoms with van der Waals surface area (Å²) in [7, 11) is 0. The SMILES string of the molecule is CC(C)(C)OC(=O)N1CCNCC12CCSCC2. The smallest absolute Gasteiger partial charge is 0.410 e. The maximum Gasteiger partial charge on any atom is 0.410 e. The first-order valence-corrected chi connectivity index (χ1v) is 7.88. The Kier molecular flexibility index (Phi) is 4.11. The molecule has 0 aromatic carbocycles. The Balaban J connectivity index is 2.10. The van der Waals surface area contributed by atoms with Gasteiger partial charge < -0.3 is 10.1 Å². The van der Waals surface area contributed by atoms with Gasteiger partial charge in [0.15, 0.2) is 0 Å². The van der Waals surface area contributed by atoms with Gasteiger partial charge in [0.1, 0.15) is 5.60 Å². The van der Waals surface area contributed by atoms with Crippen LogP contribution in [0.15, 0.2) is 0 Å². The van der Waals surface area contributed by atoms with Crippen molar-refractivity contribution in [2.75, 3.05) is 31.1 Å². The maximum absolute atomic E-state index is 12.4. The topological polar surface area (TPSA) is 41.6 Å². The van der Waals surface area contributed by atoms with Gasteiger partial charge >= 0.3 is 6.09 Å². The van der Waals surface area contributed by atoms with Crippen LogP contribution in [0.4, 0.5) is 4.79 Å². The first-order valence-electron chi connectivity index (χ1n) is 6.72. The number of carbonyl (C=O) groups is 1. The zero-order valence-corrected chi connectivity index (χ0v) is 12.4. The molecule has 4 nitrogen and oxygen atoms in total. The van der Waals surface area contributed by atoms with E-state index in [0.29, 0.717) is 0 Å². The number of piperazine rings is 1. The van der Waals surface area contributed by atoms with Crippen molar-refractivity contribution in [3.05, 3.63) is 0 Å². The Hall–Kier alpha value is -0.420. The van der Waals surface area contributed by atoms with E-state index in [1.807, 2.05) is 37.4 Å². The highest BCUT2D eigenvalue weighted by atomic mass is 32.2. The summed E-state index contributed by atoms with van der Waals surface area (Å²) in [5.74, 6) is 2.28. The van der Waals surface area contributed by atoms with Crippen molar-refractivity contribution < 1.29 is 9.53 Å². The summed E-state index contributed by atoms with van der Waals surface area (Å²) >= 11 is 1.98. The molecule has 0 aromatic rings. The van der Waals surface area contributed by atoms with E-state index in [2.05, 4.69) is 5.32 Å². The lowest BCUT2D eigenvalue weighted by Gasteiger charge is -2.49. The Bertz CT molecular complexity index is 300. The third kappa shape index (κ3) is 3.12. The van der Waals surface area contributed by atoms with E-state index in [4.69, 9.17) is 4.74 Å². The molecule has 0 bridgehead atoms. The molecule has 0 saturated carbocycles. The van der Waals surface area contributed by atoms with Crippen LogP contribution in [0.3, 0.4) is 0 Å². The average molecular weight is 272 g/mol. The van der Waals surface area contributed by atoms with Crippen molar-refractivity contribution in [3.63, 3.8) is 0 Å². The normalized spacial score (nSPS) is 24.1. The summed E-state index contributed by atoms with van der Waals surface area (Å²) in [6.07, 6.45) is 2.00. The molecule has 2 fully saturated rings. The minimum atomic E-state index is -0.410. The number of nitrogens with zero attached hydrogens (tertiary/aromatic N) is 1. The fraction of sp³-hybridized carbons (Fsp3) is 0.923. The summed E-state index contributed by atoms with van der Waals surface area (Å²) in [6, 6.07) is 0. The number of hydrogen-bond donors (Lipinski definition) is 1. The molecule has 2 rings (SSSR count). The molecule has 0 radical (unpaired) electrons. The van der Waals surface area contributed by atoms with Gasteiger partial charge in [-0.1, -0.05) is 0 Å². The molecular weight excluding hydrogens is 248 g/mol. The van der Waals surface area contributed by atoms with Crippen molar-refractivity contribution in [3.8, 4) is 0 Å². The van der Waals surface area contributed by atoms with Crippen molar-refractivity contribution in [1.82, 2.24) is 10.2 Å². The second kappa shape index (κ2) is 5.29. The quantitative estimate of drug-likeness (QED) is 0.733. The van der Waals surface area contributed by atoms with E-state index in [1.165, 1.54) is 0 Å².